The normalized spacial score (nSPS) is 18.0. The number of hydrogen-bond donors (Lipinski definition) is 0. The van der Waals surface area contributed by atoms with Crippen LogP contribution < -0.4 is 4.74 Å². The van der Waals surface area contributed by atoms with Crippen molar-refractivity contribution in [2.75, 3.05) is 34.3 Å². The third-order valence-corrected chi connectivity index (χ3v) is 4.82. The molecule has 0 N–H and O–H groups in total. The highest BCUT2D eigenvalue weighted by Gasteiger charge is 2.28. The number of benzene rings is 1. The van der Waals surface area contributed by atoms with E-state index in [0.717, 1.165) is 25.9 Å². The molecule has 4 nitrogen and oxygen atoms in total. The van der Waals surface area contributed by atoms with Crippen LogP contribution in [0.15, 0.2) is 18.2 Å². The van der Waals surface area contributed by atoms with Crippen LogP contribution in [0.25, 0.3) is 0 Å². The largest absolute Gasteiger partial charge is 0.495 e. The van der Waals surface area contributed by atoms with E-state index in [4.69, 9.17) is 16.3 Å². The van der Waals surface area contributed by atoms with Gasteiger partial charge in [0, 0.05) is 26.1 Å². The first-order valence-corrected chi connectivity index (χ1v) is 8.10. The molecule has 1 aliphatic heterocycles. The van der Waals surface area contributed by atoms with Crippen LogP contribution in [-0.2, 0) is 4.79 Å². The van der Waals surface area contributed by atoms with Crippen LogP contribution in [0.4, 0.5) is 0 Å². The van der Waals surface area contributed by atoms with Gasteiger partial charge in [-0.15, -0.1) is 0 Å². The summed E-state index contributed by atoms with van der Waals surface area (Å²) in [6, 6.07) is 6.24. The molecule has 22 heavy (non-hydrogen) atoms. The van der Waals surface area contributed by atoms with Gasteiger partial charge in [-0.3, -0.25) is 9.69 Å². The second kappa shape index (κ2) is 7.34. The molecule has 1 aromatic carbocycles. The van der Waals surface area contributed by atoms with E-state index in [1.165, 1.54) is 5.56 Å². The average molecular weight is 325 g/mol. The van der Waals surface area contributed by atoms with E-state index in [-0.39, 0.29) is 11.8 Å². The number of rotatable bonds is 4. The van der Waals surface area contributed by atoms with Gasteiger partial charge in [-0.05, 0) is 50.6 Å². The fourth-order valence-electron chi connectivity index (χ4n) is 3.05. The maximum atomic E-state index is 12.0. The highest BCUT2D eigenvalue weighted by molar-refractivity contribution is 6.32. The zero-order chi connectivity index (χ0) is 16.3. The van der Waals surface area contributed by atoms with Gasteiger partial charge in [0.15, 0.2) is 0 Å². The Morgan fingerprint density at radius 2 is 2.00 bits per heavy atom. The van der Waals surface area contributed by atoms with Crippen molar-refractivity contribution in [2.24, 2.45) is 5.92 Å². The number of piperidine rings is 1. The second-order valence-corrected chi connectivity index (χ2v) is 6.52. The Morgan fingerprint density at radius 3 is 2.50 bits per heavy atom. The number of methoxy groups -OCH3 is 1. The predicted molar refractivity (Wildman–Crippen MR) is 89.4 cm³/mol. The van der Waals surface area contributed by atoms with Crippen LogP contribution in [-0.4, -0.2) is 50.0 Å². The number of amides is 1. The minimum Gasteiger partial charge on any atom is -0.495 e. The molecule has 1 heterocycles. The van der Waals surface area contributed by atoms with Gasteiger partial charge in [-0.2, -0.15) is 0 Å². The fraction of sp³-hybridized carbons (Fsp3) is 0.588. The molecule has 0 aliphatic carbocycles. The number of ether oxygens (including phenoxy) is 1. The summed E-state index contributed by atoms with van der Waals surface area (Å²) in [5.41, 5.74) is 1.18. The van der Waals surface area contributed by atoms with E-state index in [2.05, 4.69) is 17.9 Å². The molecule has 122 valence electrons. The third kappa shape index (κ3) is 3.73. The molecular formula is C17H25ClN2O2. The summed E-state index contributed by atoms with van der Waals surface area (Å²) in [5, 5.41) is 0.643. The Balaban J connectivity index is 1.99. The van der Waals surface area contributed by atoms with Crippen LogP contribution in [0.5, 0.6) is 5.75 Å². The lowest BCUT2D eigenvalue weighted by atomic mass is 9.93. The van der Waals surface area contributed by atoms with Crippen LogP contribution >= 0.6 is 11.6 Å². The first kappa shape index (κ1) is 17.1. The van der Waals surface area contributed by atoms with Gasteiger partial charge in [0.1, 0.15) is 5.75 Å². The molecule has 0 radical (unpaired) electrons. The maximum absolute atomic E-state index is 12.0. The van der Waals surface area contributed by atoms with E-state index in [9.17, 15) is 4.79 Å². The van der Waals surface area contributed by atoms with Crippen molar-refractivity contribution < 1.29 is 9.53 Å². The summed E-state index contributed by atoms with van der Waals surface area (Å²) in [6.07, 6.45) is 1.84. The monoisotopic (exact) mass is 324 g/mol. The standard InChI is InChI=1S/C17H25ClN2O2/c1-12(14-5-6-16(22-4)15(18)11-14)20-9-7-13(8-10-20)17(21)19(2)3/h5-6,11-13H,7-10H2,1-4H3/t12-/m0/s1. The summed E-state index contributed by atoms with van der Waals surface area (Å²) in [5.74, 6) is 1.12. The molecule has 1 saturated heterocycles. The highest BCUT2D eigenvalue weighted by Crippen LogP contribution is 2.32. The van der Waals surface area contributed by atoms with Gasteiger partial charge in [0.2, 0.25) is 5.91 Å². The van der Waals surface area contributed by atoms with Crippen LogP contribution in [0, 0.1) is 5.92 Å². The Labute approximate surface area is 138 Å². The number of hydrogen-bond acceptors (Lipinski definition) is 3. The minimum atomic E-state index is 0.165. The Kier molecular flexibility index (Phi) is 5.70. The lowest BCUT2D eigenvalue weighted by Gasteiger charge is -2.36. The van der Waals surface area contributed by atoms with Crippen molar-refractivity contribution in [3.8, 4) is 5.75 Å². The van der Waals surface area contributed by atoms with Crippen LogP contribution in [0.2, 0.25) is 5.02 Å². The minimum absolute atomic E-state index is 0.165. The molecular weight excluding hydrogens is 300 g/mol. The lowest BCUT2D eigenvalue weighted by molar-refractivity contribution is -0.134. The average Bonchev–Trinajstić information content (AvgIpc) is 2.53. The summed E-state index contributed by atoms with van der Waals surface area (Å²) >= 11 is 6.22. The molecule has 0 spiro atoms. The molecule has 1 fully saturated rings. The van der Waals surface area contributed by atoms with Gasteiger partial charge >= 0.3 is 0 Å². The van der Waals surface area contributed by atoms with E-state index >= 15 is 0 Å². The summed E-state index contributed by atoms with van der Waals surface area (Å²) in [7, 11) is 5.28. The van der Waals surface area contributed by atoms with Gasteiger partial charge in [0.05, 0.1) is 12.1 Å². The zero-order valence-electron chi connectivity index (χ0n) is 13.8. The first-order chi connectivity index (χ1) is 10.4. The molecule has 1 aliphatic rings. The molecule has 0 saturated carbocycles. The number of likely N-dealkylation sites (tertiary alicyclic amines) is 1. The predicted octanol–water partition coefficient (Wildman–Crippen LogP) is 3.21. The SMILES string of the molecule is COc1ccc([C@H](C)N2CCC(C(=O)N(C)C)CC2)cc1Cl. The summed E-state index contributed by atoms with van der Waals surface area (Å²) in [4.78, 5) is 16.2. The van der Waals surface area contributed by atoms with Gasteiger partial charge in [0.25, 0.3) is 0 Å². The number of nitrogens with zero attached hydrogens (tertiary/aromatic N) is 2. The van der Waals surface area contributed by atoms with Crippen molar-refractivity contribution >= 4 is 17.5 Å². The number of carbonyl (C=O) groups excluding carboxylic acids is 1. The van der Waals surface area contributed by atoms with E-state index in [0.29, 0.717) is 16.8 Å². The molecule has 0 aromatic heterocycles. The van der Waals surface area contributed by atoms with Gasteiger partial charge in [-0.25, -0.2) is 0 Å². The first-order valence-electron chi connectivity index (χ1n) is 7.72. The van der Waals surface area contributed by atoms with Crippen LogP contribution in [0.3, 0.4) is 0 Å². The fourth-order valence-corrected chi connectivity index (χ4v) is 3.32. The van der Waals surface area contributed by atoms with Crippen molar-refractivity contribution in [1.82, 2.24) is 9.80 Å². The van der Waals surface area contributed by atoms with Crippen LogP contribution in [0.1, 0.15) is 31.4 Å². The highest BCUT2D eigenvalue weighted by atomic mass is 35.5. The third-order valence-electron chi connectivity index (χ3n) is 4.53. The summed E-state index contributed by atoms with van der Waals surface area (Å²) in [6.45, 7) is 4.07. The molecule has 1 aromatic rings. The van der Waals surface area contributed by atoms with Gasteiger partial charge < -0.3 is 9.64 Å². The Morgan fingerprint density at radius 1 is 1.36 bits per heavy atom. The molecule has 0 unspecified atom stereocenters. The molecule has 1 atom stereocenters. The Bertz CT molecular complexity index is 525. The van der Waals surface area contributed by atoms with Crippen molar-refractivity contribution in [2.45, 2.75) is 25.8 Å². The van der Waals surface area contributed by atoms with E-state index in [1.54, 1.807) is 12.0 Å². The smallest absolute Gasteiger partial charge is 0.225 e. The van der Waals surface area contributed by atoms with E-state index < -0.39 is 0 Å². The second-order valence-electron chi connectivity index (χ2n) is 6.11. The topological polar surface area (TPSA) is 32.8 Å². The van der Waals surface area contributed by atoms with Crippen molar-refractivity contribution in [1.29, 1.82) is 0 Å². The molecule has 0 bridgehead atoms. The molecule has 5 heteroatoms. The number of carbonyl (C=O) groups is 1. The lowest BCUT2D eigenvalue weighted by Crippen LogP contribution is -2.41. The molecule has 1 amide bonds. The Hall–Kier alpha value is -1.26. The maximum Gasteiger partial charge on any atom is 0.225 e. The van der Waals surface area contributed by atoms with E-state index in [1.807, 2.05) is 26.2 Å². The number of halogens is 1. The quantitative estimate of drug-likeness (QED) is 0.852. The zero-order valence-corrected chi connectivity index (χ0v) is 14.6. The van der Waals surface area contributed by atoms with Gasteiger partial charge in [-0.1, -0.05) is 17.7 Å². The van der Waals surface area contributed by atoms with Crippen molar-refractivity contribution in [3.05, 3.63) is 28.8 Å². The van der Waals surface area contributed by atoms with Crippen molar-refractivity contribution in [3.63, 3.8) is 0 Å². The molecule has 2 rings (SSSR count). The summed E-state index contributed by atoms with van der Waals surface area (Å²) < 4.78 is 5.20.